The van der Waals surface area contributed by atoms with Crippen LogP contribution < -0.4 is 57.3 Å². The van der Waals surface area contributed by atoms with Gasteiger partial charge in [-0.25, -0.2) is 0 Å². The molecule has 42 atom stereocenters. The number of rotatable bonds is 20. The van der Waals surface area contributed by atoms with Crippen LogP contribution in [-0.2, 0) is 56.8 Å². The highest BCUT2D eigenvalue weighted by Gasteiger charge is 2.55. The third kappa shape index (κ3) is 18.0. The largest absolute Gasteiger partial charge is 0.394 e. The lowest BCUT2D eigenvalue weighted by Gasteiger charge is -2.48. The molecule has 38 heteroatoms. The summed E-state index contributed by atoms with van der Waals surface area (Å²) in [6, 6.07) is -9.41. The molecule has 0 aromatic carbocycles. The van der Waals surface area contributed by atoms with Crippen LogP contribution in [-0.4, -0.2) is 353 Å². The maximum Gasteiger partial charge on any atom is 0.176 e. The number of aliphatic hydroxyl groups excluding tert-OH is 16. The third-order valence-electron chi connectivity index (χ3n) is 19.1. The molecule has 0 radical (unpaired) electrons. The normalized spacial score (nSPS) is 52.2. The van der Waals surface area contributed by atoms with Crippen LogP contribution in [0.4, 0.5) is 0 Å². The van der Waals surface area contributed by atoms with Crippen molar-refractivity contribution in [3.05, 3.63) is 0 Å². The number of ether oxygens (including phenoxy) is 12. The number of nitrogens with two attached hydrogens (primary N) is 10. The molecule has 93 heavy (non-hydrogen) atoms. The SMILES string of the molecule is C.CC(O)C1O[C@H](O[C@H]2C(N)C[C@@H](C)C(O)[C@H]2O)C(N)[C@@H](OCO[C@@H]2C(N)[C@@H](O[C@H]3C(N)C[C@@H](N)C(O)[C@H]3O)OC(C(C)O)[C@H]2O)[C@@H]1O.C[C@@H]1CC(N)[C@@H](O[C@H]2OC(CO)[C@@H](O)[C@H](OCOC3[C@@H](O)C(CO)O[C@@H](O[C@H]4C(N)C[C@H](N)[C@H](O)C4O)[C@@H]3N)C2N)[C@H](O)C1O. The van der Waals surface area contributed by atoms with Crippen molar-refractivity contribution >= 4 is 0 Å². The van der Waals surface area contributed by atoms with E-state index in [1.807, 2.05) is 0 Å². The Balaban J connectivity index is 0.000000292. The van der Waals surface area contributed by atoms with Gasteiger partial charge >= 0.3 is 0 Å². The van der Waals surface area contributed by atoms with Crippen LogP contribution in [0, 0.1) is 11.8 Å². The fourth-order valence-corrected chi connectivity index (χ4v) is 13.4. The van der Waals surface area contributed by atoms with Crippen LogP contribution in [0.25, 0.3) is 0 Å². The van der Waals surface area contributed by atoms with Crippen molar-refractivity contribution in [2.75, 3.05) is 26.8 Å². The van der Waals surface area contributed by atoms with Gasteiger partial charge in [-0.2, -0.15) is 0 Å². The minimum atomic E-state index is -1.50. The monoisotopic (exact) mass is 1360 g/mol. The van der Waals surface area contributed by atoms with Crippen molar-refractivity contribution in [2.24, 2.45) is 69.2 Å². The lowest BCUT2D eigenvalue weighted by Crippen LogP contribution is -2.68. The average Bonchev–Trinajstić information content (AvgIpc) is 0.826. The van der Waals surface area contributed by atoms with Crippen molar-refractivity contribution in [3.8, 4) is 0 Å². The minimum absolute atomic E-state index is 0. The van der Waals surface area contributed by atoms with E-state index >= 15 is 0 Å². The molecule has 8 rings (SSSR count). The Morgan fingerprint density at radius 1 is 0.333 bits per heavy atom. The van der Waals surface area contributed by atoms with Crippen LogP contribution in [0.15, 0.2) is 0 Å². The zero-order valence-electron chi connectivity index (χ0n) is 51.7. The van der Waals surface area contributed by atoms with Gasteiger partial charge in [-0.3, -0.25) is 0 Å². The van der Waals surface area contributed by atoms with E-state index < -0.39 is 271 Å². The molecule has 8 aliphatic rings. The van der Waals surface area contributed by atoms with Crippen LogP contribution >= 0.6 is 0 Å². The Kier molecular flexibility index (Phi) is 30.0. The highest BCUT2D eigenvalue weighted by Crippen LogP contribution is 2.36. The van der Waals surface area contributed by atoms with E-state index in [0.29, 0.717) is 12.8 Å². The van der Waals surface area contributed by atoms with E-state index in [1.165, 1.54) is 13.8 Å². The zero-order chi connectivity index (χ0) is 68.4. The van der Waals surface area contributed by atoms with Crippen molar-refractivity contribution < 1.29 is 139 Å². The average molecular weight is 1360 g/mol. The molecule has 4 saturated heterocycles. The first-order chi connectivity index (χ1) is 43.2. The molecule has 4 saturated carbocycles. The van der Waals surface area contributed by atoms with Crippen molar-refractivity contribution in [1.82, 2.24) is 0 Å². The molecule has 548 valence electrons. The molecule has 0 amide bonds. The molecule has 38 nitrogen and oxygen atoms in total. The quantitative estimate of drug-likeness (QED) is 0.0503. The van der Waals surface area contributed by atoms with Crippen LogP contribution in [0.5, 0.6) is 0 Å². The number of hydrogen-bond donors (Lipinski definition) is 26. The van der Waals surface area contributed by atoms with Crippen molar-refractivity contribution in [3.63, 3.8) is 0 Å². The Bertz CT molecular complexity index is 2070. The van der Waals surface area contributed by atoms with Gasteiger partial charge in [0.15, 0.2) is 25.2 Å². The lowest BCUT2D eigenvalue weighted by molar-refractivity contribution is -0.327. The van der Waals surface area contributed by atoms with E-state index in [4.69, 9.17) is 114 Å². The molecule has 4 aliphatic heterocycles. The smallest absolute Gasteiger partial charge is 0.176 e. The standard InChI is InChI=1S/C28H55N5O14.C26H51N5O14.CH4/c1-7-4-11(30)23(17(38)15(7)36)46-27-13(32)25(19(40)21(44-27)8(2)34)42-6-43-26-14(33)28(45-22(9(3)35)20(26)41)47-24-12(31)5-10(29)16(37)18(24)39;1-7-2-9(28)21(19(38)15(7)34)44-25-13(30)23(17(36)11(4-32)42-25)40-6-41-24-14(31)26(43-12(5-33)18(24)37)45-22-10(29)3-8(27)16(35)20(22)39;/h7-28,34-41H,4-6,29-33H2,1-3H3;7-26,32-39H,2-6,27-31H2,1H3;1H4/t7-,8?,9?,10-,11?,12?,13?,14?,15?,16?,17-,18-,19-,20-,21?,22?,23+,24+,25-,26-,27-,28-;7-,8+,9?,10?,11?,12?,13?,14-,15?,16+,17-,18+,19-,20?,21-,22+,23-,24?,25-,26+;/m11./s1. The second-order valence-electron chi connectivity index (χ2n) is 26.1. The topological polar surface area (TPSA) is 695 Å². The van der Waals surface area contributed by atoms with Gasteiger partial charge in [0.05, 0.1) is 74.0 Å². The highest BCUT2D eigenvalue weighted by atomic mass is 16.7. The van der Waals surface area contributed by atoms with Crippen LogP contribution in [0.1, 0.15) is 60.8 Å². The van der Waals surface area contributed by atoms with Gasteiger partial charge in [0.1, 0.15) is 136 Å². The summed E-state index contributed by atoms with van der Waals surface area (Å²) in [4.78, 5) is 0. The third-order valence-corrected chi connectivity index (χ3v) is 19.1. The molecule has 0 bridgehead atoms. The molecule has 36 N–H and O–H groups in total. The van der Waals surface area contributed by atoms with Gasteiger partial charge in [-0.1, -0.05) is 21.3 Å². The maximum absolute atomic E-state index is 11.0. The van der Waals surface area contributed by atoms with Gasteiger partial charge in [0.2, 0.25) is 0 Å². The molecule has 0 aromatic rings. The molecule has 4 aliphatic carbocycles. The van der Waals surface area contributed by atoms with Gasteiger partial charge in [0, 0.05) is 36.3 Å². The maximum atomic E-state index is 11.0. The summed E-state index contributed by atoms with van der Waals surface area (Å²) in [5.74, 6) is -0.575. The van der Waals surface area contributed by atoms with Gasteiger partial charge in [-0.05, 0) is 51.4 Å². The van der Waals surface area contributed by atoms with E-state index in [-0.39, 0.29) is 32.1 Å². The summed E-state index contributed by atoms with van der Waals surface area (Å²) in [5, 5.41) is 167. The molecule has 0 aromatic heterocycles. The second kappa shape index (κ2) is 34.7. The summed E-state index contributed by atoms with van der Waals surface area (Å²) in [6.07, 6.45) is -38.0. The second-order valence-corrected chi connectivity index (χ2v) is 26.1. The molecular formula is C55H110N10O28. The molecule has 0 spiro atoms. The fraction of sp³-hybridized carbons (Fsp3) is 1.00. The van der Waals surface area contributed by atoms with Gasteiger partial charge < -0.3 is 196 Å². The summed E-state index contributed by atoms with van der Waals surface area (Å²) >= 11 is 0. The summed E-state index contributed by atoms with van der Waals surface area (Å²) in [5.41, 5.74) is 61.6. The first-order valence-corrected chi connectivity index (χ1v) is 31.2. The highest BCUT2D eigenvalue weighted by molar-refractivity contribution is 5.04. The zero-order valence-corrected chi connectivity index (χ0v) is 51.7. The van der Waals surface area contributed by atoms with E-state index in [9.17, 15) is 81.7 Å². The Labute approximate surface area is 538 Å². The van der Waals surface area contributed by atoms with E-state index in [0.717, 1.165) is 0 Å². The first kappa shape index (κ1) is 80.5. The predicted molar refractivity (Wildman–Crippen MR) is 316 cm³/mol. The molecular weight excluding hydrogens is 1250 g/mol. The lowest BCUT2D eigenvalue weighted by atomic mass is 9.80. The predicted octanol–water partition coefficient (Wildman–Crippen LogP) is -14.3. The molecule has 4 heterocycles. The van der Waals surface area contributed by atoms with Crippen LogP contribution in [0.3, 0.4) is 0 Å². The first-order valence-electron chi connectivity index (χ1n) is 31.2. The van der Waals surface area contributed by atoms with Crippen LogP contribution in [0.2, 0.25) is 0 Å². The molecule has 8 fully saturated rings. The Morgan fingerprint density at radius 3 is 0.849 bits per heavy atom. The van der Waals surface area contributed by atoms with Gasteiger partial charge in [0.25, 0.3) is 0 Å². The molecule has 18 unspecified atom stereocenters. The van der Waals surface area contributed by atoms with Gasteiger partial charge in [-0.15, -0.1) is 0 Å². The number of hydrogen-bond acceptors (Lipinski definition) is 38. The minimum Gasteiger partial charge on any atom is -0.394 e. The summed E-state index contributed by atoms with van der Waals surface area (Å²) in [7, 11) is 0. The Morgan fingerprint density at radius 2 is 0.581 bits per heavy atom. The van der Waals surface area contributed by atoms with E-state index in [2.05, 4.69) is 0 Å². The number of aliphatic hydroxyl groups is 16. The Hall–Kier alpha value is -1.52. The van der Waals surface area contributed by atoms with Crippen molar-refractivity contribution in [1.29, 1.82) is 0 Å². The van der Waals surface area contributed by atoms with E-state index in [1.54, 1.807) is 13.8 Å². The summed E-state index contributed by atoms with van der Waals surface area (Å²) in [6.45, 7) is 3.64. The summed E-state index contributed by atoms with van der Waals surface area (Å²) < 4.78 is 69.3. The fourth-order valence-electron chi connectivity index (χ4n) is 13.4. The van der Waals surface area contributed by atoms with Crippen molar-refractivity contribution in [2.45, 2.75) is 305 Å².